The molecule has 0 spiro atoms. The van der Waals surface area contributed by atoms with E-state index in [0.29, 0.717) is 19.3 Å². The van der Waals surface area contributed by atoms with Crippen LogP contribution in [-0.2, 0) is 40.1 Å². The first-order chi connectivity index (χ1) is 19.5. The minimum absolute atomic E-state index is 0.0616. The van der Waals surface area contributed by atoms with Crippen molar-refractivity contribution in [2.75, 3.05) is 0 Å². The van der Waals surface area contributed by atoms with Crippen molar-refractivity contribution in [1.29, 1.82) is 0 Å². The molecular formula is C30H33N5O6. The number of fused-ring (bicyclic) bond motifs is 2. The van der Waals surface area contributed by atoms with Crippen molar-refractivity contribution in [2.24, 2.45) is 5.41 Å². The average molecular weight is 560 g/mol. The van der Waals surface area contributed by atoms with Gasteiger partial charge in [0.1, 0.15) is 11.6 Å². The first-order valence-electron chi connectivity index (χ1n) is 13.4. The van der Waals surface area contributed by atoms with E-state index in [9.17, 15) is 19.5 Å². The third-order valence-corrected chi connectivity index (χ3v) is 7.12. The van der Waals surface area contributed by atoms with Gasteiger partial charge in [-0.2, -0.15) is 0 Å². The number of carboxylic acid groups (broad SMARTS) is 1. The van der Waals surface area contributed by atoms with Gasteiger partial charge in [-0.1, -0.05) is 42.5 Å². The highest BCUT2D eigenvalue weighted by Gasteiger charge is 2.46. The highest BCUT2D eigenvalue weighted by molar-refractivity contribution is 5.89. The molecule has 0 fully saturated rings. The maximum Gasteiger partial charge on any atom is 0.408 e. The van der Waals surface area contributed by atoms with Crippen LogP contribution < -0.4 is 10.6 Å². The monoisotopic (exact) mass is 559 g/mol. The second-order valence-electron chi connectivity index (χ2n) is 11.5. The molecule has 1 unspecified atom stereocenters. The van der Waals surface area contributed by atoms with Gasteiger partial charge >= 0.3 is 12.1 Å². The maximum atomic E-state index is 14.0. The minimum atomic E-state index is -1.16. The number of para-hydroxylation sites is 1. The molecule has 4 N–H and O–H groups in total. The molecule has 11 heteroatoms. The highest BCUT2D eigenvalue weighted by Crippen LogP contribution is 2.41. The van der Waals surface area contributed by atoms with Crippen molar-refractivity contribution in [3.63, 3.8) is 0 Å². The van der Waals surface area contributed by atoms with Crippen LogP contribution in [0.2, 0.25) is 0 Å². The summed E-state index contributed by atoms with van der Waals surface area (Å²) in [7, 11) is 0. The first kappa shape index (κ1) is 27.9. The molecule has 5 rings (SSSR count). The summed E-state index contributed by atoms with van der Waals surface area (Å²) in [6.45, 7) is 5.22. The smallest absolute Gasteiger partial charge is 0.408 e. The van der Waals surface area contributed by atoms with Crippen molar-refractivity contribution >= 4 is 28.9 Å². The van der Waals surface area contributed by atoms with Crippen molar-refractivity contribution < 1.29 is 28.6 Å². The van der Waals surface area contributed by atoms with Gasteiger partial charge in [0.05, 0.1) is 18.4 Å². The fourth-order valence-electron chi connectivity index (χ4n) is 5.32. The van der Waals surface area contributed by atoms with E-state index in [1.54, 1.807) is 20.8 Å². The van der Waals surface area contributed by atoms with Gasteiger partial charge in [0.15, 0.2) is 0 Å². The summed E-state index contributed by atoms with van der Waals surface area (Å²) in [5.41, 5.74) is 1.96. The number of carbonyl (C=O) groups excluding carboxylic acids is 2. The number of nitrogens with one attached hydrogen (secondary N) is 3. The third-order valence-electron chi connectivity index (χ3n) is 7.12. The van der Waals surface area contributed by atoms with Crippen LogP contribution >= 0.6 is 0 Å². The lowest BCUT2D eigenvalue weighted by Gasteiger charge is -2.28. The Labute approximate surface area is 236 Å². The normalized spacial score (nSPS) is 14.8. The zero-order valence-corrected chi connectivity index (χ0v) is 23.2. The maximum absolute atomic E-state index is 14.0. The Kier molecular flexibility index (Phi) is 7.53. The lowest BCUT2D eigenvalue weighted by molar-refractivity contribution is -0.145. The van der Waals surface area contributed by atoms with Gasteiger partial charge < -0.3 is 29.9 Å². The lowest BCUT2D eigenvalue weighted by atomic mass is 9.80. The van der Waals surface area contributed by atoms with Crippen LogP contribution in [-0.4, -0.2) is 43.9 Å². The molecule has 2 aromatic heterocycles. The molecule has 0 radical (unpaired) electrons. The number of alkyl carbamates (subject to hydrolysis) is 1. The Hall–Kier alpha value is -4.67. The van der Waals surface area contributed by atoms with Crippen LogP contribution in [0.5, 0.6) is 0 Å². The van der Waals surface area contributed by atoms with Crippen LogP contribution in [0.3, 0.4) is 0 Å². The Morgan fingerprint density at radius 2 is 1.76 bits per heavy atom. The van der Waals surface area contributed by atoms with E-state index in [1.807, 2.05) is 54.7 Å². The van der Waals surface area contributed by atoms with E-state index in [0.717, 1.165) is 27.6 Å². The Morgan fingerprint density at radius 3 is 2.44 bits per heavy atom. The minimum Gasteiger partial charge on any atom is -0.481 e. The van der Waals surface area contributed by atoms with E-state index in [-0.39, 0.29) is 24.7 Å². The summed E-state index contributed by atoms with van der Waals surface area (Å²) in [4.78, 5) is 41.2. The van der Waals surface area contributed by atoms with Gasteiger partial charge in [-0.15, -0.1) is 10.2 Å². The van der Waals surface area contributed by atoms with Crippen LogP contribution in [0.25, 0.3) is 10.9 Å². The lowest BCUT2D eigenvalue weighted by Crippen LogP contribution is -2.45. The van der Waals surface area contributed by atoms with Gasteiger partial charge in [0, 0.05) is 23.5 Å². The van der Waals surface area contributed by atoms with Gasteiger partial charge in [0.25, 0.3) is 0 Å². The van der Waals surface area contributed by atoms with E-state index in [2.05, 4.69) is 25.8 Å². The number of aromatic nitrogens is 3. The number of benzene rings is 2. The number of carboxylic acids is 1. The number of carbonyl (C=O) groups is 3. The second kappa shape index (κ2) is 11.1. The highest BCUT2D eigenvalue weighted by atomic mass is 16.6. The molecule has 214 valence electrons. The molecule has 1 aliphatic rings. The number of aliphatic carboxylic acids is 1. The molecule has 2 amide bonds. The summed E-state index contributed by atoms with van der Waals surface area (Å²) in [6, 6.07) is 14.7. The number of nitrogens with zero attached hydrogens (tertiary/aromatic N) is 2. The number of hydrogen-bond acceptors (Lipinski definition) is 7. The molecule has 1 atom stereocenters. The quantitative estimate of drug-likeness (QED) is 0.237. The Morgan fingerprint density at radius 1 is 1.07 bits per heavy atom. The third kappa shape index (κ3) is 6.40. The molecule has 4 aromatic rings. The summed E-state index contributed by atoms with van der Waals surface area (Å²) >= 11 is 0. The first-order valence-corrected chi connectivity index (χ1v) is 13.4. The number of aromatic amines is 1. The number of H-pyrrole nitrogens is 1. The van der Waals surface area contributed by atoms with Crippen LogP contribution in [0, 0.1) is 5.41 Å². The molecule has 1 aliphatic carbocycles. The van der Waals surface area contributed by atoms with Gasteiger partial charge in [-0.25, -0.2) is 4.79 Å². The predicted molar refractivity (Wildman–Crippen MR) is 149 cm³/mol. The van der Waals surface area contributed by atoms with E-state index in [4.69, 9.17) is 9.15 Å². The van der Waals surface area contributed by atoms with Crippen molar-refractivity contribution in [3.8, 4) is 0 Å². The number of ether oxygens (including phenoxy) is 1. The standard InChI is InChI=1S/C30H33N5O6/c1-29(2,3)41-28(39)32-17-24-34-35-26(40-24)23(12-20-16-31-22-11-7-6-10-21(20)22)33-27(38)30(15-25(36)37)13-18-8-4-5-9-19(18)14-30/h4-11,16,23,31H,12-15,17H2,1-3H3,(H,32,39)(H,33,38)(H,36,37). The summed E-state index contributed by atoms with van der Waals surface area (Å²) in [6.07, 6.45) is 1.86. The molecule has 0 saturated heterocycles. The summed E-state index contributed by atoms with van der Waals surface area (Å²) in [5, 5.41) is 24.6. The van der Waals surface area contributed by atoms with Crippen molar-refractivity contribution in [1.82, 2.24) is 25.8 Å². The SMILES string of the molecule is CC(C)(C)OC(=O)NCc1nnc(C(Cc2c[nH]c3ccccc23)NC(=O)C2(CC(=O)O)Cc3ccccc3C2)o1. The largest absolute Gasteiger partial charge is 0.481 e. The molecule has 2 aromatic carbocycles. The number of hydrogen-bond donors (Lipinski definition) is 4. The van der Waals surface area contributed by atoms with Crippen molar-refractivity contribution in [2.45, 2.75) is 64.6 Å². The van der Waals surface area contributed by atoms with Crippen molar-refractivity contribution in [3.05, 3.63) is 83.2 Å². The average Bonchev–Trinajstić information content (AvgIpc) is 3.63. The van der Waals surface area contributed by atoms with Gasteiger partial charge in [-0.05, 0) is 56.4 Å². The summed E-state index contributed by atoms with van der Waals surface area (Å²) in [5.74, 6) is -1.16. The van der Waals surface area contributed by atoms with Crippen LogP contribution in [0.15, 0.2) is 59.1 Å². The van der Waals surface area contributed by atoms with E-state index in [1.165, 1.54) is 0 Å². The topological polar surface area (TPSA) is 159 Å². The molecule has 0 saturated carbocycles. The molecule has 0 bridgehead atoms. The van der Waals surface area contributed by atoms with E-state index >= 15 is 0 Å². The zero-order chi connectivity index (χ0) is 29.2. The zero-order valence-electron chi connectivity index (χ0n) is 23.2. The molecule has 11 nitrogen and oxygen atoms in total. The van der Waals surface area contributed by atoms with Gasteiger partial charge in [0.2, 0.25) is 17.7 Å². The molecule has 0 aliphatic heterocycles. The van der Waals surface area contributed by atoms with Crippen LogP contribution in [0.4, 0.5) is 4.79 Å². The number of rotatable bonds is 9. The fraction of sp³-hybridized carbons (Fsp3) is 0.367. The van der Waals surface area contributed by atoms with E-state index < -0.39 is 35.0 Å². The molecule has 2 heterocycles. The number of amides is 2. The Balaban J connectivity index is 1.41. The molecule has 41 heavy (non-hydrogen) atoms. The second-order valence-corrected chi connectivity index (χ2v) is 11.5. The van der Waals surface area contributed by atoms with Gasteiger partial charge in [-0.3, -0.25) is 9.59 Å². The predicted octanol–water partition coefficient (Wildman–Crippen LogP) is 4.24. The fourth-order valence-corrected chi connectivity index (χ4v) is 5.32. The molecular weight excluding hydrogens is 526 g/mol. The summed E-state index contributed by atoms with van der Waals surface area (Å²) < 4.78 is 11.1. The Bertz CT molecular complexity index is 1560. The van der Waals surface area contributed by atoms with Crippen LogP contribution in [0.1, 0.15) is 61.7 Å².